The number of aliphatic hydroxyl groups is 1. The van der Waals surface area contributed by atoms with Crippen molar-refractivity contribution in [1.82, 2.24) is 16.0 Å². The van der Waals surface area contributed by atoms with Crippen LogP contribution in [0.4, 0.5) is 5.69 Å². The number of carbonyl (C=O) groups is 3. The minimum atomic E-state index is -0.810. The van der Waals surface area contributed by atoms with Crippen molar-refractivity contribution >= 4 is 46.6 Å². The van der Waals surface area contributed by atoms with Crippen LogP contribution >= 0.6 is 23.2 Å². The Balaban J connectivity index is 1.39. The van der Waals surface area contributed by atoms with Crippen LogP contribution in [0.3, 0.4) is 0 Å². The van der Waals surface area contributed by atoms with Crippen molar-refractivity contribution in [2.45, 2.75) is 100 Å². The van der Waals surface area contributed by atoms with E-state index in [1.165, 1.54) is 0 Å². The van der Waals surface area contributed by atoms with Crippen molar-refractivity contribution in [3.05, 3.63) is 63.1 Å². The lowest BCUT2D eigenvalue weighted by Crippen LogP contribution is -2.61. The molecule has 230 valence electrons. The van der Waals surface area contributed by atoms with Crippen LogP contribution in [0.15, 0.2) is 36.4 Å². The number of anilines is 1. The minimum Gasteiger partial charge on any atom is -0.393 e. The molecule has 43 heavy (non-hydrogen) atoms. The molecule has 1 saturated heterocycles. The van der Waals surface area contributed by atoms with E-state index in [1.807, 2.05) is 30.3 Å². The number of amides is 3. The maximum atomic E-state index is 14.1. The molecule has 6 rings (SSSR count). The lowest BCUT2D eigenvalue weighted by Gasteiger charge is -2.53. The second-order valence-electron chi connectivity index (χ2n) is 13.7. The van der Waals surface area contributed by atoms with Gasteiger partial charge in [0.25, 0.3) is 5.91 Å². The van der Waals surface area contributed by atoms with E-state index >= 15 is 0 Å². The van der Waals surface area contributed by atoms with Gasteiger partial charge in [0.05, 0.1) is 17.6 Å². The predicted molar refractivity (Wildman–Crippen MR) is 168 cm³/mol. The summed E-state index contributed by atoms with van der Waals surface area (Å²) in [5.41, 5.74) is 1.28. The highest BCUT2D eigenvalue weighted by Gasteiger charge is 2.64. The molecule has 2 aliphatic heterocycles. The Labute approximate surface area is 262 Å². The van der Waals surface area contributed by atoms with Gasteiger partial charge in [0, 0.05) is 45.8 Å². The molecule has 4 aliphatic rings. The van der Waals surface area contributed by atoms with Crippen LogP contribution in [0.25, 0.3) is 0 Å². The molecule has 2 spiro atoms. The summed E-state index contributed by atoms with van der Waals surface area (Å²) in [5.74, 6) is -0.664. The molecule has 8 nitrogen and oxygen atoms in total. The molecular formula is C33H40Cl2N4O4. The van der Waals surface area contributed by atoms with Gasteiger partial charge in [-0.3, -0.25) is 19.7 Å². The third kappa shape index (κ3) is 5.24. The molecule has 2 saturated carbocycles. The summed E-state index contributed by atoms with van der Waals surface area (Å²) in [6.07, 6.45) is 5.15. The number of aliphatic hydroxyl groups excluding tert-OH is 1. The molecule has 0 radical (unpaired) electrons. The van der Waals surface area contributed by atoms with Gasteiger partial charge in [-0.2, -0.15) is 0 Å². The first-order valence-electron chi connectivity index (χ1n) is 15.3. The largest absolute Gasteiger partial charge is 0.393 e. The molecule has 2 aliphatic carbocycles. The summed E-state index contributed by atoms with van der Waals surface area (Å²) in [6, 6.07) is 10.3. The zero-order valence-corrected chi connectivity index (χ0v) is 26.4. The zero-order chi connectivity index (χ0) is 30.7. The summed E-state index contributed by atoms with van der Waals surface area (Å²) < 4.78 is 0. The van der Waals surface area contributed by atoms with Gasteiger partial charge < -0.3 is 21.1 Å². The van der Waals surface area contributed by atoms with E-state index in [-0.39, 0.29) is 41.2 Å². The minimum absolute atomic E-state index is 0.00967. The molecule has 10 heteroatoms. The van der Waals surface area contributed by atoms with E-state index in [9.17, 15) is 19.5 Å². The molecule has 2 unspecified atom stereocenters. The van der Waals surface area contributed by atoms with Crippen LogP contribution < -0.4 is 21.3 Å². The van der Waals surface area contributed by atoms with E-state index in [0.29, 0.717) is 41.3 Å². The number of hydrogen-bond donors (Lipinski definition) is 5. The van der Waals surface area contributed by atoms with Crippen LogP contribution in [0, 0.1) is 5.41 Å². The molecule has 0 bridgehead atoms. The molecule has 0 aromatic heterocycles. The van der Waals surface area contributed by atoms with Crippen molar-refractivity contribution in [2.75, 3.05) is 12.4 Å². The molecule has 5 N–H and O–H groups in total. The van der Waals surface area contributed by atoms with E-state index in [4.69, 9.17) is 23.2 Å². The third-order valence-electron chi connectivity index (χ3n) is 10.7. The van der Waals surface area contributed by atoms with Gasteiger partial charge in [-0.05, 0) is 98.2 Å². The van der Waals surface area contributed by atoms with Gasteiger partial charge in [0.15, 0.2) is 0 Å². The number of benzene rings is 2. The van der Waals surface area contributed by atoms with Crippen molar-refractivity contribution in [3.63, 3.8) is 0 Å². The molecule has 4 atom stereocenters. The summed E-state index contributed by atoms with van der Waals surface area (Å²) in [5, 5.41) is 23.8. The van der Waals surface area contributed by atoms with Gasteiger partial charge in [0.2, 0.25) is 11.8 Å². The monoisotopic (exact) mass is 626 g/mol. The normalized spacial score (nSPS) is 32.8. The van der Waals surface area contributed by atoms with Crippen molar-refractivity contribution in [1.29, 1.82) is 0 Å². The van der Waals surface area contributed by atoms with E-state index in [1.54, 1.807) is 13.1 Å². The number of rotatable bonds is 4. The SMILES string of the molecule is CNC(=O)c1cc(Cl)cc([C@H]2CC3(CCC(C)(C)C4(C3)C(=O)Nc3cc(Cl)ccc34)N[C@H]2C(=O)N[C@H]2CC[C@H](O)CC2)c1. The number of fused-ring (bicyclic) bond motifs is 2. The lowest BCUT2D eigenvalue weighted by molar-refractivity contribution is -0.129. The standard InChI is InChI=1S/C33H40Cl2N4O4/c1-31(2)10-11-32(17-33(31)25-9-4-20(34)15-26(25)38-30(33)43)16-24(18-12-19(28(41)36-3)14-21(35)13-18)27(39-32)29(42)37-22-5-7-23(40)8-6-22/h4,9,12-15,22-24,27,39-40H,5-8,10-11,16-17H2,1-3H3,(H,36,41)(H,37,42)(H,38,43)/t22-,23-,24-,27-,32?,33?/m1/s1. The van der Waals surface area contributed by atoms with Gasteiger partial charge in [-0.25, -0.2) is 0 Å². The molecular weight excluding hydrogens is 587 g/mol. The van der Waals surface area contributed by atoms with Crippen LogP contribution in [0.1, 0.15) is 92.6 Å². The number of hydrogen-bond acceptors (Lipinski definition) is 5. The van der Waals surface area contributed by atoms with Crippen LogP contribution in [0.2, 0.25) is 10.0 Å². The third-order valence-corrected chi connectivity index (χ3v) is 11.2. The highest BCUT2D eigenvalue weighted by molar-refractivity contribution is 6.31. The average molecular weight is 628 g/mol. The Kier molecular flexibility index (Phi) is 7.81. The van der Waals surface area contributed by atoms with Crippen LogP contribution in [-0.4, -0.2) is 53.6 Å². The summed E-state index contributed by atoms with van der Waals surface area (Å²) in [6.45, 7) is 4.31. The van der Waals surface area contributed by atoms with Gasteiger partial charge >= 0.3 is 0 Å². The Morgan fingerprint density at radius 2 is 1.74 bits per heavy atom. The first-order valence-corrected chi connectivity index (χ1v) is 16.0. The lowest BCUT2D eigenvalue weighted by atomic mass is 9.51. The van der Waals surface area contributed by atoms with Crippen molar-refractivity contribution in [2.24, 2.45) is 5.41 Å². The molecule has 3 fully saturated rings. The van der Waals surface area contributed by atoms with Gasteiger partial charge in [-0.15, -0.1) is 0 Å². The smallest absolute Gasteiger partial charge is 0.251 e. The molecule has 2 aromatic carbocycles. The molecule has 3 amide bonds. The predicted octanol–water partition coefficient (Wildman–Crippen LogP) is 5.06. The summed E-state index contributed by atoms with van der Waals surface area (Å²) in [4.78, 5) is 40.7. The van der Waals surface area contributed by atoms with Crippen molar-refractivity contribution in [3.8, 4) is 0 Å². The first-order chi connectivity index (χ1) is 20.4. The Hall–Kier alpha value is -2.65. The van der Waals surface area contributed by atoms with E-state index < -0.39 is 17.0 Å². The number of carbonyl (C=O) groups excluding carboxylic acids is 3. The quantitative estimate of drug-likeness (QED) is 0.325. The maximum absolute atomic E-state index is 14.1. The van der Waals surface area contributed by atoms with Gasteiger partial charge in [0.1, 0.15) is 0 Å². The van der Waals surface area contributed by atoms with E-state index in [0.717, 1.165) is 42.5 Å². The zero-order valence-electron chi connectivity index (χ0n) is 24.9. The second kappa shape index (κ2) is 11.1. The number of halogens is 2. The second-order valence-corrected chi connectivity index (χ2v) is 14.6. The van der Waals surface area contributed by atoms with E-state index in [2.05, 4.69) is 35.1 Å². The highest BCUT2D eigenvalue weighted by atomic mass is 35.5. The fourth-order valence-corrected chi connectivity index (χ4v) is 8.70. The average Bonchev–Trinajstić information content (AvgIpc) is 3.47. The Morgan fingerprint density at radius 3 is 2.47 bits per heavy atom. The first kappa shape index (κ1) is 30.4. The number of nitrogens with one attached hydrogen (secondary N) is 4. The fraction of sp³-hybridized carbons (Fsp3) is 0.545. The van der Waals surface area contributed by atoms with Crippen LogP contribution in [-0.2, 0) is 15.0 Å². The summed E-state index contributed by atoms with van der Waals surface area (Å²) >= 11 is 12.9. The van der Waals surface area contributed by atoms with Crippen molar-refractivity contribution < 1.29 is 19.5 Å². The van der Waals surface area contributed by atoms with Gasteiger partial charge in [-0.1, -0.05) is 43.1 Å². The maximum Gasteiger partial charge on any atom is 0.251 e. The topological polar surface area (TPSA) is 120 Å². The Bertz CT molecular complexity index is 1470. The molecule has 2 heterocycles. The van der Waals surface area contributed by atoms with Crippen LogP contribution in [0.5, 0.6) is 0 Å². The highest BCUT2D eigenvalue weighted by Crippen LogP contribution is 2.62. The fourth-order valence-electron chi connectivity index (χ4n) is 8.29. The molecule has 2 aromatic rings. The summed E-state index contributed by atoms with van der Waals surface area (Å²) in [7, 11) is 1.58. The Morgan fingerprint density at radius 1 is 1.00 bits per heavy atom.